The van der Waals surface area contributed by atoms with Gasteiger partial charge in [-0.2, -0.15) is 0 Å². The van der Waals surface area contributed by atoms with E-state index in [1.165, 1.54) is 6.42 Å². The van der Waals surface area contributed by atoms with E-state index in [2.05, 4.69) is 16.9 Å². The number of hydrogen-bond acceptors (Lipinski definition) is 5. The van der Waals surface area contributed by atoms with Crippen molar-refractivity contribution in [1.29, 1.82) is 0 Å². The molecule has 1 atom stereocenters. The van der Waals surface area contributed by atoms with Crippen LogP contribution in [0.4, 0.5) is 0 Å². The molecule has 1 amide bonds. The normalized spacial score (nSPS) is 19.9. The average molecular weight is 380 g/mol. The van der Waals surface area contributed by atoms with Gasteiger partial charge in [0.15, 0.2) is 0 Å². The number of piperidine rings is 1. The number of likely N-dealkylation sites (tertiary alicyclic amines) is 1. The van der Waals surface area contributed by atoms with Gasteiger partial charge in [-0.05, 0) is 44.1 Å². The lowest BCUT2D eigenvalue weighted by molar-refractivity contribution is -0.131. The van der Waals surface area contributed by atoms with Gasteiger partial charge in [0, 0.05) is 43.7 Å². The monoisotopic (exact) mass is 380 g/mol. The van der Waals surface area contributed by atoms with Crippen LogP contribution >= 0.6 is 0 Å². The minimum Gasteiger partial charge on any atom is -0.497 e. The fourth-order valence-electron chi connectivity index (χ4n) is 4.15. The third kappa shape index (κ3) is 4.17. The number of methoxy groups -OCH3 is 1. The van der Waals surface area contributed by atoms with Crippen molar-refractivity contribution in [3.8, 4) is 5.75 Å². The van der Waals surface area contributed by atoms with Crippen molar-refractivity contribution in [2.75, 3.05) is 33.8 Å². The molecule has 1 aromatic carbocycles. The Morgan fingerprint density at radius 2 is 2.07 bits per heavy atom. The first-order chi connectivity index (χ1) is 13.6. The molecule has 1 fully saturated rings. The van der Waals surface area contributed by atoms with Crippen LogP contribution in [0.1, 0.15) is 41.4 Å². The first kappa shape index (κ1) is 18.9. The molecule has 0 bridgehead atoms. The van der Waals surface area contributed by atoms with Crippen molar-refractivity contribution in [3.05, 3.63) is 53.1 Å². The summed E-state index contributed by atoms with van der Waals surface area (Å²) < 4.78 is 5.18. The number of hydrogen-bond donors (Lipinski definition) is 0. The van der Waals surface area contributed by atoms with Gasteiger partial charge in [-0.25, -0.2) is 9.97 Å². The number of likely N-dealkylation sites (N-methyl/N-ethyl adjacent to an activating group) is 1. The molecule has 0 N–H and O–H groups in total. The number of rotatable bonds is 4. The lowest BCUT2D eigenvalue weighted by Gasteiger charge is -2.31. The largest absolute Gasteiger partial charge is 0.497 e. The minimum atomic E-state index is 0.147. The second-order valence-corrected chi connectivity index (χ2v) is 7.89. The number of carbonyl (C=O) groups excluding carboxylic acids is 1. The summed E-state index contributed by atoms with van der Waals surface area (Å²) in [4.78, 5) is 26.5. The van der Waals surface area contributed by atoms with Gasteiger partial charge in [0.1, 0.15) is 11.6 Å². The van der Waals surface area contributed by atoms with Crippen molar-refractivity contribution in [3.63, 3.8) is 0 Å². The number of nitrogens with zero attached hydrogens (tertiary/aromatic N) is 4. The molecule has 0 aliphatic carbocycles. The van der Waals surface area contributed by atoms with Crippen molar-refractivity contribution >= 4 is 5.91 Å². The summed E-state index contributed by atoms with van der Waals surface area (Å²) in [6.45, 7) is 3.52. The standard InChI is InChI=1S/C22H28N4O2/c1-25-10-3-4-17(14-25)22-23-13-18-15-26(11-9-20(18)24-22)21(27)12-16-5-7-19(28-2)8-6-16/h5-8,13,17H,3-4,9-12,14-15H2,1-2H3/t17-/m0/s1. The van der Waals surface area contributed by atoms with Gasteiger partial charge in [0.05, 0.1) is 19.2 Å². The number of carbonyl (C=O) groups is 1. The Morgan fingerprint density at radius 3 is 2.82 bits per heavy atom. The number of ether oxygens (including phenoxy) is 1. The zero-order chi connectivity index (χ0) is 19.5. The van der Waals surface area contributed by atoms with E-state index in [1.54, 1.807) is 7.11 Å². The molecule has 6 heteroatoms. The Balaban J connectivity index is 1.40. The van der Waals surface area contributed by atoms with Crippen LogP contribution in [0.15, 0.2) is 30.5 Å². The molecule has 1 saturated heterocycles. The zero-order valence-electron chi connectivity index (χ0n) is 16.7. The van der Waals surface area contributed by atoms with Crippen LogP contribution < -0.4 is 4.74 Å². The maximum atomic E-state index is 12.7. The highest BCUT2D eigenvalue weighted by Gasteiger charge is 2.25. The molecule has 0 unspecified atom stereocenters. The highest BCUT2D eigenvalue weighted by atomic mass is 16.5. The minimum absolute atomic E-state index is 0.147. The molecule has 6 nitrogen and oxygen atoms in total. The summed E-state index contributed by atoms with van der Waals surface area (Å²) in [6, 6.07) is 7.69. The Labute approximate surface area is 166 Å². The van der Waals surface area contributed by atoms with E-state index < -0.39 is 0 Å². The molecule has 2 aromatic rings. The van der Waals surface area contributed by atoms with E-state index in [0.29, 0.717) is 18.9 Å². The lowest BCUT2D eigenvalue weighted by Crippen LogP contribution is -2.38. The smallest absolute Gasteiger partial charge is 0.227 e. The summed E-state index contributed by atoms with van der Waals surface area (Å²) in [5.74, 6) is 2.36. The fraction of sp³-hybridized carbons (Fsp3) is 0.500. The van der Waals surface area contributed by atoms with Crippen molar-refractivity contribution in [1.82, 2.24) is 19.8 Å². The van der Waals surface area contributed by atoms with Crippen LogP contribution in [0.2, 0.25) is 0 Å². The molecule has 4 rings (SSSR count). The van der Waals surface area contributed by atoms with Crippen LogP contribution in [-0.4, -0.2) is 59.5 Å². The second kappa shape index (κ2) is 8.27. The van der Waals surface area contributed by atoms with Gasteiger partial charge >= 0.3 is 0 Å². The quantitative estimate of drug-likeness (QED) is 0.815. The van der Waals surface area contributed by atoms with Gasteiger partial charge in [-0.1, -0.05) is 12.1 Å². The summed E-state index contributed by atoms with van der Waals surface area (Å²) >= 11 is 0. The van der Waals surface area contributed by atoms with Gasteiger partial charge < -0.3 is 14.5 Å². The molecule has 0 radical (unpaired) electrons. The summed E-state index contributed by atoms with van der Waals surface area (Å²) in [6.07, 6.45) is 5.53. The number of fused-ring (bicyclic) bond motifs is 1. The maximum absolute atomic E-state index is 12.7. The van der Waals surface area contributed by atoms with Crippen molar-refractivity contribution in [2.45, 2.75) is 38.1 Å². The van der Waals surface area contributed by atoms with Crippen LogP contribution in [-0.2, 0) is 24.2 Å². The molecule has 1 aromatic heterocycles. The van der Waals surface area contributed by atoms with Crippen LogP contribution in [0.5, 0.6) is 5.75 Å². The van der Waals surface area contributed by atoms with Crippen LogP contribution in [0, 0.1) is 0 Å². The predicted octanol–water partition coefficient (Wildman–Crippen LogP) is 2.42. The Morgan fingerprint density at radius 1 is 1.25 bits per heavy atom. The van der Waals surface area contributed by atoms with Gasteiger partial charge in [-0.15, -0.1) is 0 Å². The van der Waals surface area contributed by atoms with Gasteiger partial charge in [0.25, 0.3) is 0 Å². The summed E-state index contributed by atoms with van der Waals surface area (Å²) in [7, 11) is 3.81. The van der Waals surface area contributed by atoms with Crippen LogP contribution in [0.3, 0.4) is 0 Å². The van der Waals surface area contributed by atoms with Crippen molar-refractivity contribution in [2.24, 2.45) is 0 Å². The number of amides is 1. The van der Waals surface area contributed by atoms with E-state index in [0.717, 1.165) is 60.9 Å². The second-order valence-electron chi connectivity index (χ2n) is 7.89. The van der Waals surface area contributed by atoms with Crippen molar-refractivity contribution < 1.29 is 9.53 Å². The zero-order valence-corrected chi connectivity index (χ0v) is 16.7. The predicted molar refractivity (Wildman–Crippen MR) is 107 cm³/mol. The Bertz CT molecular complexity index is 837. The molecule has 28 heavy (non-hydrogen) atoms. The molecule has 0 saturated carbocycles. The molecular formula is C22H28N4O2. The number of benzene rings is 1. The maximum Gasteiger partial charge on any atom is 0.227 e. The highest BCUT2D eigenvalue weighted by molar-refractivity contribution is 5.79. The molecule has 3 heterocycles. The lowest BCUT2D eigenvalue weighted by atomic mass is 9.97. The highest BCUT2D eigenvalue weighted by Crippen LogP contribution is 2.26. The van der Waals surface area contributed by atoms with Crippen LogP contribution in [0.25, 0.3) is 0 Å². The molecular weight excluding hydrogens is 352 g/mol. The molecule has 0 spiro atoms. The SMILES string of the molecule is COc1ccc(CC(=O)N2CCc3nc([C@H]4CCCN(C)C4)ncc3C2)cc1. The van der Waals surface area contributed by atoms with E-state index in [4.69, 9.17) is 9.72 Å². The Kier molecular flexibility index (Phi) is 5.57. The van der Waals surface area contributed by atoms with E-state index in [1.807, 2.05) is 35.4 Å². The topological polar surface area (TPSA) is 58.6 Å². The Hall–Kier alpha value is -2.47. The summed E-state index contributed by atoms with van der Waals surface area (Å²) in [5.41, 5.74) is 3.21. The summed E-state index contributed by atoms with van der Waals surface area (Å²) in [5, 5.41) is 0. The van der Waals surface area contributed by atoms with Gasteiger partial charge in [-0.3, -0.25) is 4.79 Å². The fourth-order valence-corrected chi connectivity index (χ4v) is 4.15. The third-order valence-corrected chi connectivity index (χ3v) is 5.81. The first-order valence-corrected chi connectivity index (χ1v) is 10.1. The van der Waals surface area contributed by atoms with E-state index >= 15 is 0 Å². The third-order valence-electron chi connectivity index (χ3n) is 5.81. The molecule has 2 aliphatic rings. The first-order valence-electron chi connectivity index (χ1n) is 10.1. The van der Waals surface area contributed by atoms with E-state index in [9.17, 15) is 4.79 Å². The molecule has 2 aliphatic heterocycles. The van der Waals surface area contributed by atoms with E-state index in [-0.39, 0.29) is 5.91 Å². The number of aromatic nitrogens is 2. The molecule has 148 valence electrons. The average Bonchev–Trinajstić information content (AvgIpc) is 2.73. The van der Waals surface area contributed by atoms with Gasteiger partial charge in [0.2, 0.25) is 5.91 Å².